The van der Waals surface area contributed by atoms with Crippen LogP contribution in [0.2, 0.25) is 0 Å². The molecule has 0 saturated heterocycles. The summed E-state index contributed by atoms with van der Waals surface area (Å²) in [6.45, 7) is 0. The molecule has 0 aromatic heterocycles. The first kappa shape index (κ1) is 11.1. The third-order valence-corrected chi connectivity index (χ3v) is 0. The Morgan fingerprint density at radius 1 is 0.833 bits per heavy atom. The summed E-state index contributed by atoms with van der Waals surface area (Å²) in [7, 11) is 17.2. The van der Waals surface area contributed by atoms with Crippen LogP contribution in [0.3, 0.4) is 0 Å². The van der Waals surface area contributed by atoms with Gasteiger partial charge in [0.25, 0.3) is 0 Å². The van der Waals surface area contributed by atoms with Gasteiger partial charge in [-0.15, -0.1) is 0 Å². The second-order valence-electron chi connectivity index (χ2n) is 0.303. The predicted octanol–water partition coefficient (Wildman–Crippen LogP) is 2.11. The summed E-state index contributed by atoms with van der Waals surface area (Å²) in [4.78, 5) is 0. The van der Waals surface area contributed by atoms with Gasteiger partial charge in [0.15, 0.2) is 0 Å². The summed E-state index contributed by atoms with van der Waals surface area (Å²) in [5, 5.41) is 0. The molecule has 0 fully saturated rings. The molecule has 0 aliphatic rings. The van der Waals surface area contributed by atoms with E-state index in [2.05, 4.69) is 0 Å². The molecule has 0 heterocycles. The minimum atomic E-state index is -2.61. The SMILES string of the molecule is [Cl][Fe]([Cl])([Cl])[Cl].[LiH]. The fourth-order valence-corrected chi connectivity index (χ4v) is 0. The van der Waals surface area contributed by atoms with E-state index in [-0.39, 0.29) is 18.9 Å². The van der Waals surface area contributed by atoms with Gasteiger partial charge >= 0.3 is 68.5 Å². The van der Waals surface area contributed by atoms with Gasteiger partial charge in [-0.05, 0) is 0 Å². The molecule has 38 valence electrons. The van der Waals surface area contributed by atoms with E-state index in [1.165, 1.54) is 0 Å². The van der Waals surface area contributed by atoms with Crippen molar-refractivity contribution in [3.63, 3.8) is 0 Å². The van der Waals surface area contributed by atoms with Crippen molar-refractivity contribution in [1.82, 2.24) is 0 Å². The van der Waals surface area contributed by atoms with Crippen molar-refractivity contribution >= 4 is 59.3 Å². The van der Waals surface area contributed by atoms with Gasteiger partial charge in [0, 0.05) is 0 Å². The second kappa shape index (κ2) is 4.19. The zero-order valence-corrected chi connectivity index (χ0v) is 5.99. The van der Waals surface area contributed by atoms with Crippen LogP contribution in [0.25, 0.3) is 0 Å². The van der Waals surface area contributed by atoms with Crippen molar-refractivity contribution in [2.45, 2.75) is 0 Å². The summed E-state index contributed by atoms with van der Waals surface area (Å²) in [6.07, 6.45) is 0. The van der Waals surface area contributed by atoms with Crippen molar-refractivity contribution in [3.05, 3.63) is 0 Å². The van der Waals surface area contributed by atoms with Crippen molar-refractivity contribution in [2.75, 3.05) is 0 Å². The Bertz CT molecular complexity index is 23.0. The molecule has 0 unspecified atom stereocenters. The molecule has 0 N–H and O–H groups in total. The molecule has 0 aliphatic heterocycles. The number of hydrogen-bond donors (Lipinski definition) is 0. The molecule has 6 heavy (non-hydrogen) atoms. The quantitative estimate of drug-likeness (QED) is 0.532. The molecule has 0 radical (unpaired) electrons. The van der Waals surface area contributed by atoms with Crippen LogP contribution in [0, 0.1) is 0 Å². The van der Waals surface area contributed by atoms with Crippen LogP contribution in [0.4, 0.5) is 0 Å². The van der Waals surface area contributed by atoms with Crippen molar-refractivity contribution in [2.24, 2.45) is 0 Å². The topological polar surface area (TPSA) is 0 Å². The molecule has 0 aromatic carbocycles. The summed E-state index contributed by atoms with van der Waals surface area (Å²) < 4.78 is 0. The zero-order chi connectivity index (χ0) is 4.50. The Hall–Kier alpha value is 2.28. The Balaban J connectivity index is 0. The zero-order valence-electron chi connectivity index (χ0n) is 1.87. The van der Waals surface area contributed by atoms with Gasteiger partial charge in [-0.1, -0.05) is 0 Å². The van der Waals surface area contributed by atoms with Gasteiger partial charge in [0.1, 0.15) is 0 Å². The fraction of sp³-hybridized carbons (Fsp3) is 0. The Labute approximate surface area is 67.8 Å². The standard InChI is InChI=1S/4ClH.Fe.Li.H/h4*1H;;;/q;;;;+4;;/p-4. The van der Waals surface area contributed by atoms with Crippen LogP contribution in [0.15, 0.2) is 0 Å². The molecule has 0 bridgehead atoms. The van der Waals surface area contributed by atoms with Crippen molar-refractivity contribution in [3.8, 4) is 0 Å². The molecule has 0 aliphatic carbocycles. The monoisotopic (exact) mass is 204 g/mol. The average Bonchev–Trinajstić information content (AvgIpc) is 0.722. The maximum absolute atomic E-state index is 4.95. The van der Waals surface area contributed by atoms with E-state index >= 15 is 0 Å². The van der Waals surface area contributed by atoms with E-state index in [0.29, 0.717) is 0 Å². The van der Waals surface area contributed by atoms with Gasteiger partial charge in [0.2, 0.25) is 0 Å². The normalized spacial score (nSPS) is 12.7. The fourth-order valence-electron chi connectivity index (χ4n) is 0. The first-order valence-electron chi connectivity index (χ1n) is 0.535. The summed E-state index contributed by atoms with van der Waals surface area (Å²) in [5.41, 5.74) is 0. The van der Waals surface area contributed by atoms with Crippen LogP contribution >= 0.6 is 40.4 Å². The molecule has 0 atom stereocenters. The molecule has 0 rings (SSSR count). The molecular formula is HCl4FeLi. The van der Waals surface area contributed by atoms with E-state index in [1.807, 2.05) is 0 Å². The maximum atomic E-state index is 4.95. The van der Waals surface area contributed by atoms with E-state index < -0.39 is 9.20 Å². The molecule has 0 aromatic rings. The third-order valence-electron chi connectivity index (χ3n) is 0. The van der Waals surface area contributed by atoms with Gasteiger partial charge < -0.3 is 0 Å². The van der Waals surface area contributed by atoms with Crippen LogP contribution in [0.1, 0.15) is 0 Å². The molecule has 0 amide bonds. The molecule has 0 nitrogen and oxygen atoms in total. The molecular weight excluding hydrogens is 205 g/mol. The van der Waals surface area contributed by atoms with Crippen LogP contribution in [-0.4, -0.2) is 18.9 Å². The number of rotatable bonds is 0. The van der Waals surface area contributed by atoms with Crippen LogP contribution in [0.5, 0.6) is 0 Å². The molecule has 6 heteroatoms. The van der Waals surface area contributed by atoms with Gasteiger partial charge in [-0.2, -0.15) is 0 Å². The number of halogens is 4. The minimum absolute atomic E-state index is 0. The van der Waals surface area contributed by atoms with Crippen molar-refractivity contribution in [1.29, 1.82) is 0 Å². The van der Waals surface area contributed by atoms with Gasteiger partial charge in [-0.25, -0.2) is 0 Å². The van der Waals surface area contributed by atoms with E-state index in [0.717, 1.165) is 0 Å². The Morgan fingerprint density at radius 2 is 0.833 bits per heavy atom. The predicted molar refractivity (Wildman–Crippen MR) is 30.6 cm³/mol. The Kier molecular flexibility index (Phi) is 7.76. The Morgan fingerprint density at radius 3 is 0.833 bits per heavy atom. The van der Waals surface area contributed by atoms with E-state index in [1.54, 1.807) is 0 Å². The summed E-state index contributed by atoms with van der Waals surface area (Å²) in [5.74, 6) is 0. The third kappa shape index (κ3) is 33.7. The van der Waals surface area contributed by atoms with Crippen LogP contribution in [-0.2, 0) is 9.20 Å². The first-order valence-corrected chi connectivity index (χ1v) is 6.61. The molecule has 0 spiro atoms. The number of hydrogen-bond acceptors (Lipinski definition) is 0. The summed E-state index contributed by atoms with van der Waals surface area (Å²) in [6, 6.07) is 0. The molecule has 0 saturated carbocycles. The second-order valence-corrected chi connectivity index (χ2v) is 11.2. The first-order chi connectivity index (χ1) is 2.00. The van der Waals surface area contributed by atoms with Crippen molar-refractivity contribution < 1.29 is 9.20 Å². The van der Waals surface area contributed by atoms with E-state index in [9.17, 15) is 0 Å². The summed E-state index contributed by atoms with van der Waals surface area (Å²) >= 11 is 0. The average molecular weight is 206 g/mol. The van der Waals surface area contributed by atoms with Crippen LogP contribution < -0.4 is 0 Å². The van der Waals surface area contributed by atoms with E-state index in [4.69, 9.17) is 40.4 Å². The van der Waals surface area contributed by atoms with Gasteiger partial charge in [0.05, 0.1) is 0 Å². The van der Waals surface area contributed by atoms with Gasteiger partial charge in [-0.3, -0.25) is 0 Å².